The molecule has 0 bridgehead atoms. The molecule has 4 aromatic rings. The minimum atomic E-state index is -0.620. The average molecular weight is 480 g/mol. The van der Waals surface area contributed by atoms with Gasteiger partial charge in [0.05, 0.1) is 17.3 Å². The predicted octanol–water partition coefficient (Wildman–Crippen LogP) is 4.59. The third-order valence-electron chi connectivity index (χ3n) is 4.92. The summed E-state index contributed by atoms with van der Waals surface area (Å²) in [5.41, 5.74) is 3.71. The molecule has 0 aliphatic rings. The summed E-state index contributed by atoms with van der Waals surface area (Å²) in [5, 5.41) is 13.3. The zero-order chi connectivity index (χ0) is 25.3. The van der Waals surface area contributed by atoms with Gasteiger partial charge in [0.1, 0.15) is 17.2 Å². The second-order valence-corrected chi connectivity index (χ2v) is 7.46. The molecule has 0 fully saturated rings. The molecular formula is C28H20N2O6. The van der Waals surface area contributed by atoms with Gasteiger partial charge in [0.2, 0.25) is 0 Å². The van der Waals surface area contributed by atoms with Crippen molar-refractivity contribution in [2.45, 2.75) is 0 Å². The summed E-state index contributed by atoms with van der Waals surface area (Å²) in [7, 11) is 0. The van der Waals surface area contributed by atoms with Gasteiger partial charge in [-0.15, -0.1) is 0 Å². The Morgan fingerprint density at radius 3 is 1.89 bits per heavy atom. The van der Waals surface area contributed by atoms with Gasteiger partial charge in [-0.2, -0.15) is 5.10 Å². The van der Waals surface area contributed by atoms with Crippen molar-refractivity contribution in [3.8, 4) is 17.2 Å². The van der Waals surface area contributed by atoms with Crippen LogP contribution in [0, 0.1) is 0 Å². The number of benzene rings is 4. The quantitative estimate of drug-likeness (QED) is 0.173. The first-order valence-corrected chi connectivity index (χ1v) is 10.8. The molecule has 36 heavy (non-hydrogen) atoms. The molecular weight excluding hydrogens is 460 g/mol. The number of nitrogens with one attached hydrogen (secondary N) is 1. The van der Waals surface area contributed by atoms with Crippen molar-refractivity contribution >= 4 is 24.1 Å². The summed E-state index contributed by atoms with van der Waals surface area (Å²) in [6.45, 7) is 0. The molecule has 178 valence electrons. The first kappa shape index (κ1) is 23.9. The van der Waals surface area contributed by atoms with Crippen LogP contribution in [0.5, 0.6) is 17.2 Å². The lowest BCUT2D eigenvalue weighted by Gasteiger charge is -2.10. The van der Waals surface area contributed by atoms with Crippen LogP contribution in [0.15, 0.2) is 108 Å². The first-order chi connectivity index (χ1) is 17.5. The molecule has 0 aliphatic heterocycles. The first-order valence-electron chi connectivity index (χ1n) is 10.8. The van der Waals surface area contributed by atoms with Crippen molar-refractivity contribution in [3.05, 3.63) is 125 Å². The number of phenols is 1. The highest BCUT2D eigenvalue weighted by molar-refractivity contribution is 5.96. The van der Waals surface area contributed by atoms with Crippen LogP contribution in [0.1, 0.15) is 36.6 Å². The van der Waals surface area contributed by atoms with Gasteiger partial charge >= 0.3 is 11.9 Å². The second kappa shape index (κ2) is 11.3. The number of phenolic OH excluding ortho intramolecular Hbond substituents is 1. The molecule has 8 nitrogen and oxygen atoms in total. The molecule has 0 radical (unpaired) electrons. The molecule has 4 aromatic carbocycles. The van der Waals surface area contributed by atoms with E-state index in [2.05, 4.69) is 10.5 Å². The van der Waals surface area contributed by atoms with E-state index in [9.17, 15) is 19.5 Å². The number of carbonyl (C=O) groups excluding carboxylic acids is 3. The van der Waals surface area contributed by atoms with Gasteiger partial charge in [0, 0.05) is 17.2 Å². The van der Waals surface area contributed by atoms with Gasteiger partial charge in [-0.3, -0.25) is 4.79 Å². The Bertz CT molecular complexity index is 1400. The van der Waals surface area contributed by atoms with Gasteiger partial charge in [0.25, 0.3) is 5.91 Å². The smallest absolute Gasteiger partial charge is 0.343 e. The number of amides is 1. The SMILES string of the molecule is O=C(N/N=C/c1ccc(OC(=O)c2ccccc2)cc1OC(=O)c1ccccc1)c1ccc(O)cc1. The van der Waals surface area contributed by atoms with Crippen molar-refractivity contribution in [1.29, 1.82) is 0 Å². The third-order valence-corrected chi connectivity index (χ3v) is 4.92. The topological polar surface area (TPSA) is 114 Å². The Hall–Kier alpha value is -5.24. The number of hydrazone groups is 1. The standard InChI is InChI=1S/C28H20N2O6/c31-23-14-11-19(12-15-23)26(32)30-29-18-22-13-16-24(35-27(33)20-7-3-1-4-8-20)17-25(22)36-28(34)21-9-5-2-6-10-21/h1-18,31H,(H,30,32)/b29-18+. The van der Waals surface area contributed by atoms with Crippen LogP contribution in [0.4, 0.5) is 0 Å². The average Bonchev–Trinajstić information content (AvgIpc) is 2.91. The Kier molecular flexibility index (Phi) is 7.47. The van der Waals surface area contributed by atoms with Crippen LogP contribution >= 0.6 is 0 Å². The number of hydrogen-bond acceptors (Lipinski definition) is 7. The summed E-state index contributed by atoms with van der Waals surface area (Å²) in [4.78, 5) is 37.3. The molecule has 0 atom stereocenters. The maximum absolute atomic E-state index is 12.7. The Morgan fingerprint density at radius 1 is 0.694 bits per heavy atom. The van der Waals surface area contributed by atoms with Gasteiger partial charge < -0.3 is 14.6 Å². The van der Waals surface area contributed by atoms with Crippen LogP contribution in [0.3, 0.4) is 0 Å². The van der Waals surface area contributed by atoms with Crippen molar-refractivity contribution < 1.29 is 29.0 Å². The monoisotopic (exact) mass is 480 g/mol. The minimum Gasteiger partial charge on any atom is -0.508 e. The predicted molar refractivity (Wildman–Crippen MR) is 132 cm³/mol. The Labute approximate surface area is 206 Å². The summed E-state index contributed by atoms with van der Waals surface area (Å²) >= 11 is 0. The van der Waals surface area contributed by atoms with Gasteiger partial charge in [-0.1, -0.05) is 36.4 Å². The molecule has 4 rings (SSSR count). The van der Waals surface area contributed by atoms with Crippen molar-refractivity contribution in [2.24, 2.45) is 5.10 Å². The zero-order valence-corrected chi connectivity index (χ0v) is 18.8. The van der Waals surface area contributed by atoms with E-state index >= 15 is 0 Å². The minimum absolute atomic E-state index is 0.0352. The molecule has 0 unspecified atom stereocenters. The molecule has 0 saturated heterocycles. The summed E-state index contributed by atoms with van der Waals surface area (Å²) in [5.74, 6) is -1.42. The maximum atomic E-state index is 12.7. The van der Waals surface area contributed by atoms with E-state index < -0.39 is 17.8 Å². The van der Waals surface area contributed by atoms with Crippen molar-refractivity contribution in [1.82, 2.24) is 5.43 Å². The highest BCUT2D eigenvalue weighted by Crippen LogP contribution is 2.26. The molecule has 0 spiro atoms. The third kappa shape index (κ3) is 6.21. The van der Waals surface area contributed by atoms with E-state index in [0.717, 1.165) is 0 Å². The van der Waals surface area contributed by atoms with Gasteiger partial charge in [-0.25, -0.2) is 15.0 Å². The lowest BCUT2D eigenvalue weighted by molar-refractivity contribution is 0.0732. The van der Waals surface area contributed by atoms with E-state index in [0.29, 0.717) is 22.3 Å². The fraction of sp³-hybridized carbons (Fsp3) is 0. The summed E-state index contributed by atoms with van der Waals surface area (Å²) < 4.78 is 11.0. The number of carbonyl (C=O) groups is 3. The zero-order valence-electron chi connectivity index (χ0n) is 18.8. The van der Waals surface area contributed by atoms with Crippen molar-refractivity contribution in [3.63, 3.8) is 0 Å². The van der Waals surface area contributed by atoms with Crippen LogP contribution in [-0.4, -0.2) is 29.2 Å². The fourth-order valence-corrected chi connectivity index (χ4v) is 3.08. The molecule has 0 saturated carbocycles. The molecule has 1 amide bonds. The van der Waals surface area contributed by atoms with Crippen LogP contribution in [-0.2, 0) is 0 Å². The molecule has 8 heteroatoms. The van der Waals surface area contributed by atoms with E-state index in [4.69, 9.17) is 9.47 Å². The Balaban J connectivity index is 1.55. The Morgan fingerprint density at radius 2 is 1.28 bits per heavy atom. The van der Waals surface area contributed by atoms with E-state index in [1.54, 1.807) is 60.7 Å². The van der Waals surface area contributed by atoms with Crippen LogP contribution < -0.4 is 14.9 Å². The second-order valence-electron chi connectivity index (χ2n) is 7.46. The van der Waals surface area contributed by atoms with Gasteiger partial charge in [0.15, 0.2) is 0 Å². The number of rotatable bonds is 7. The lowest BCUT2D eigenvalue weighted by Crippen LogP contribution is -2.17. The highest BCUT2D eigenvalue weighted by Gasteiger charge is 2.15. The normalized spacial score (nSPS) is 10.6. The lowest BCUT2D eigenvalue weighted by atomic mass is 10.2. The number of nitrogens with zero attached hydrogens (tertiary/aromatic N) is 1. The van der Waals surface area contributed by atoms with Gasteiger partial charge in [-0.05, 0) is 60.7 Å². The number of hydrogen-bond donors (Lipinski definition) is 2. The number of aromatic hydroxyl groups is 1. The summed E-state index contributed by atoms with van der Waals surface area (Å²) in [6.07, 6.45) is 1.30. The summed E-state index contributed by atoms with van der Waals surface area (Å²) in [6, 6.07) is 27.0. The van der Waals surface area contributed by atoms with E-state index in [1.807, 2.05) is 0 Å². The molecule has 0 heterocycles. The van der Waals surface area contributed by atoms with Crippen LogP contribution in [0.2, 0.25) is 0 Å². The van der Waals surface area contributed by atoms with Crippen molar-refractivity contribution in [2.75, 3.05) is 0 Å². The van der Waals surface area contributed by atoms with E-state index in [1.165, 1.54) is 48.7 Å². The fourth-order valence-electron chi connectivity index (χ4n) is 3.08. The van der Waals surface area contributed by atoms with E-state index in [-0.39, 0.29) is 17.2 Å². The molecule has 0 aliphatic carbocycles. The highest BCUT2D eigenvalue weighted by atomic mass is 16.5. The molecule has 2 N–H and O–H groups in total. The largest absolute Gasteiger partial charge is 0.508 e. The number of ether oxygens (including phenoxy) is 2. The maximum Gasteiger partial charge on any atom is 0.343 e. The molecule has 0 aromatic heterocycles. The van der Waals surface area contributed by atoms with Crippen LogP contribution in [0.25, 0.3) is 0 Å². The number of esters is 2.